The molecule has 0 N–H and O–H groups in total. The predicted octanol–water partition coefficient (Wildman–Crippen LogP) is 2.80. The summed E-state index contributed by atoms with van der Waals surface area (Å²) in [6.45, 7) is 0. The van der Waals surface area contributed by atoms with Crippen LogP contribution in [0.4, 0.5) is 0 Å². The highest BCUT2D eigenvalue weighted by atomic mass is 79.9. The standard InChI is InChI=1S/C9H5BrN2O2S/c10-7-4-6(5-13)14-8(7)15-9-11-2-1-3-12-9/h1-5H. The molecule has 0 spiro atoms. The van der Waals surface area contributed by atoms with Crippen molar-refractivity contribution in [2.45, 2.75) is 10.2 Å². The summed E-state index contributed by atoms with van der Waals surface area (Å²) in [5, 5.41) is 1.15. The third-order valence-corrected chi connectivity index (χ3v) is 3.25. The first-order valence-electron chi connectivity index (χ1n) is 3.99. The summed E-state index contributed by atoms with van der Waals surface area (Å²) in [5.74, 6) is 0.278. The van der Waals surface area contributed by atoms with Gasteiger partial charge in [-0.2, -0.15) is 0 Å². The van der Waals surface area contributed by atoms with Gasteiger partial charge in [0.05, 0.1) is 4.47 Å². The van der Waals surface area contributed by atoms with Crippen LogP contribution in [0.15, 0.2) is 43.7 Å². The van der Waals surface area contributed by atoms with Crippen molar-refractivity contribution >= 4 is 34.0 Å². The molecule has 0 fully saturated rings. The van der Waals surface area contributed by atoms with Crippen molar-refractivity contribution in [3.05, 3.63) is 34.8 Å². The number of rotatable bonds is 3. The molecule has 0 radical (unpaired) electrons. The Balaban J connectivity index is 2.24. The Morgan fingerprint density at radius 2 is 2.13 bits per heavy atom. The van der Waals surface area contributed by atoms with Crippen molar-refractivity contribution in [3.63, 3.8) is 0 Å². The van der Waals surface area contributed by atoms with Crippen LogP contribution in [0.25, 0.3) is 0 Å². The molecule has 0 unspecified atom stereocenters. The van der Waals surface area contributed by atoms with E-state index in [1.807, 2.05) is 0 Å². The molecule has 0 aliphatic heterocycles. The number of furan rings is 1. The van der Waals surface area contributed by atoms with Gasteiger partial charge in [-0.05, 0) is 33.8 Å². The fourth-order valence-electron chi connectivity index (χ4n) is 0.918. The lowest BCUT2D eigenvalue weighted by Crippen LogP contribution is -1.81. The molecule has 6 heteroatoms. The molecule has 76 valence electrons. The van der Waals surface area contributed by atoms with Crippen LogP contribution in [0.5, 0.6) is 0 Å². The Labute approximate surface area is 98.2 Å². The normalized spacial score (nSPS) is 10.2. The van der Waals surface area contributed by atoms with Crippen LogP contribution >= 0.6 is 27.7 Å². The van der Waals surface area contributed by atoms with Gasteiger partial charge < -0.3 is 4.42 Å². The zero-order chi connectivity index (χ0) is 10.7. The number of aromatic nitrogens is 2. The summed E-state index contributed by atoms with van der Waals surface area (Å²) in [6, 6.07) is 3.34. The van der Waals surface area contributed by atoms with Crippen molar-refractivity contribution < 1.29 is 9.21 Å². The number of hydrogen-bond donors (Lipinski definition) is 0. The maximum atomic E-state index is 10.5. The van der Waals surface area contributed by atoms with Crippen LogP contribution in [0, 0.1) is 0 Å². The Kier molecular flexibility index (Phi) is 3.17. The number of nitrogens with zero attached hydrogens (tertiary/aromatic N) is 2. The molecular weight excluding hydrogens is 280 g/mol. The summed E-state index contributed by atoms with van der Waals surface area (Å²) < 4.78 is 5.96. The Hall–Kier alpha value is -1.14. The number of carbonyl (C=O) groups excluding carboxylic acids is 1. The highest BCUT2D eigenvalue weighted by Crippen LogP contribution is 2.33. The van der Waals surface area contributed by atoms with Gasteiger partial charge in [-0.3, -0.25) is 4.79 Å². The first-order valence-corrected chi connectivity index (χ1v) is 5.60. The molecule has 0 amide bonds. The Morgan fingerprint density at radius 3 is 2.73 bits per heavy atom. The summed E-state index contributed by atoms with van der Waals surface area (Å²) in [6.07, 6.45) is 3.94. The molecule has 0 saturated heterocycles. The summed E-state index contributed by atoms with van der Waals surface area (Å²) >= 11 is 4.54. The number of carbonyl (C=O) groups is 1. The summed E-state index contributed by atoms with van der Waals surface area (Å²) in [5.41, 5.74) is 0. The first kappa shape index (κ1) is 10.4. The van der Waals surface area contributed by atoms with Crippen LogP contribution in [0.3, 0.4) is 0 Å². The lowest BCUT2D eigenvalue weighted by atomic mass is 10.5. The third kappa shape index (κ3) is 2.45. The largest absolute Gasteiger partial charge is 0.445 e. The van der Waals surface area contributed by atoms with E-state index in [2.05, 4.69) is 25.9 Å². The van der Waals surface area contributed by atoms with Gasteiger partial charge in [-0.25, -0.2) is 9.97 Å². The highest BCUT2D eigenvalue weighted by molar-refractivity contribution is 9.10. The van der Waals surface area contributed by atoms with Gasteiger partial charge in [0.2, 0.25) is 0 Å². The number of aldehydes is 1. The van der Waals surface area contributed by atoms with Crippen molar-refractivity contribution in [2.24, 2.45) is 0 Å². The average Bonchev–Trinajstić information content (AvgIpc) is 2.61. The maximum Gasteiger partial charge on any atom is 0.195 e. The van der Waals surface area contributed by atoms with Crippen molar-refractivity contribution in [2.75, 3.05) is 0 Å². The minimum atomic E-state index is 0.278. The lowest BCUT2D eigenvalue weighted by Gasteiger charge is -1.94. The second-order valence-electron chi connectivity index (χ2n) is 2.54. The lowest BCUT2D eigenvalue weighted by molar-refractivity contribution is 0.109. The summed E-state index contributed by atoms with van der Waals surface area (Å²) in [4.78, 5) is 18.5. The quantitative estimate of drug-likeness (QED) is 0.641. The zero-order valence-corrected chi connectivity index (χ0v) is 9.79. The zero-order valence-electron chi connectivity index (χ0n) is 7.38. The fourth-order valence-corrected chi connectivity index (χ4v) is 2.15. The molecule has 0 saturated carbocycles. The van der Waals surface area contributed by atoms with Crippen LogP contribution < -0.4 is 0 Å². The molecule has 2 rings (SSSR count). The van der Waals surface area contributed by atoms with E-state index in [-0.39, 0.29) is 5.76 Å². The highest BCUT2D eigenvalue weighted by Gasteiger charge is 2.11. The average molecular weight is 285 g/mol. The topological polar surface area (TPSA) is 56.0 Å². The monoisotopic (exact) mass is 284 g/mol. The van der Waals surface area contributed by atoms with Crippen LogP contribution in [-0.2, 0) is 0 Å². The van der Waals surface area contributed by atoms with E-state index >= 15 is 0 Å². The van der Waals surface area contributed by atoms with E-state index in [0.29, 0.717) is 16.5 Å². The minimum Gasteiger partial charge on any atom is -0.445 e. The van der Waals surface area contributed by atoms with E-state index in [4.69, 9.17) is 4.42 Å². The molecule has 0 atom stereocenters. The molecule has 0 aliphatic carbocycles. The molecule has 2 heterocycles. The molecular formula is C9H5BrN2O2S. The molecule has 2 aromatic heterocycles. The SMILES string of the molecule is O=Cc1cc(Br)c(Sc2ncccn2)o1. The van der Waals surface area contributed by atoms with Crippen LogP contribution in [0.2, 0.25) is 0 Å². The molecule has 0 aliphatic rings. The van der Waals surface area contributed by atoms with Gasteiger partial charge in [0, 0.05) is 18.5 Å². The molecule has 15 heavy (non-hydrogen) atoms. The van der Waals surface area contributed by atoms with Gasteiger partial charge in [0.1, 0.15) is 0 Å². The van der Waals surface area contributed by atoms with E-state index in [9.17, 15) is 4.79 Å². The second-order valence-corrected chi connectivity index (χ2v) is 4.33. The third-order valence-electron chi connectivity index (χ3n) is 1.52. The summed E-state index contributed by atoms with van der Waals surface area (Å²) in [7, 11) is 0. The minimum absolute atomic E-state index is 0.278. The first-order chi connectivity index (χ1) is 7.29. The predicted molar refractivity (Wildman–Crippen MR) is 58.0 cm³/mol. The van der Waals surface area contributed by atoms with Gasteiger partial charge in [0.25, 0.3) is 0 Å². The van der Waals surface area contributed by atoms with Crippen molar-refractivity contribution in [3.8, 4) is 0 Å². The molecule has 4 nitrogen and oxygen atoms in total. The van der Waals surface area contributed by atoms with E-state index < -0.39 is 0 Å². The number of halogens is 1. The second kappa shape index (κ2) is 4.59. The van der Waals surface area contributed by atoms with Gasteiger partial charge in [-0.15, -0.1) is 0 Å². The van der Waals surface area contributed by atoms with Gasteiger partial charge in [-0.1, -0.05) is 0 Å². The van der Waals surface area contributed by atoms with Gasteiger partial charge >= 0.3 is 0 Å². The van der Waals surface area contributed by atoms with E-state index in [1.165, 1.54) is 11.8 Å². The Bertz CT molecular complexity index is 472. The molecule has 2 aromatic rings. The molecule has 0 bridgehead atoms. The van der Waals surface area contributed by atoms with Crippen molar-refractivity contribution in [1.29, 1.82) is 0 Å². The molecule has 0 aromatic carbocycles. The maximum absolute atomic E-state index is 10.5. The van der Waals surface area contributed by atoms with Crippen LogP contribution in [-0.4, -0.2) is 16.3 Å². The smallest absolute Gasteiger partial charge is 0.195 e. The van der Waals surface area contributed by atoms with Crippen molar-refractivity contribution in [1.82, 2.24) is 9.97 Å². The fraction of sp³-hybridized carbons (Fsp3) is 0. The van der Waals surface area contributed by atoms with E-state index in [0.717, 1.165) is 4.47 Å². The Morgan fingerprint density at radius 1 is 1.40 bits per heavy atom. The van der Waals surface area contributed by atoms with Crippen LogP contribution in [0.1, 0.15) is 10.6 Å². The number of hydrogen-bond acceptors (Lipinski definition) is 5. The van der Waals surface area contributed by atoms with Gasteiger partial charge in [0.15, 0.2) is 22.3 Å². The van der Waals surface area contributed by atoms with E-state index in [1.54, 1.807) is 24.5 Å².